The summed E-state index contributed by atoms with van der Waals surface area (Å²) in [5, 5.41) is 0.942. The Morgan fingerprint density at radius 2 is 1.90 bits per heavy atom. The molecule has 3 nitrogen and oxygen atoms in total. The number of nitrogens with two attached hydrogens (primary N) is 1. The van der Waals surface area contributed by atoms with Crippen LogP contribution in [-0.2, 0) is 6.42 Å². The van der Waals surface area contributed by atoms with Crippen LogP contribution in [0, 0.1) is 5.82 Å². The molecule has 5 heteroatoms. The Hall–Kier alpha value is -1.82. The quantitative estimate of drug-likeness (QED) is 0.572. The second kappa shape index (κ2) is 5.66. The van der Waals surface area contributed by atoms with Crippen LogP contribution < -0.4 is 11.3 Å². The Morgan fingerprint density at radius 3 is 2.65 bits per heavy atom. The molecule has 1 unspecified atom stereocenters. The molecule has 0 saturated carbocycles. The van der Waals surface area contributed by atoms with Crippen LogP contribution in [0.3, 0.4) is 0 Å². The minimum Gasteiger partial charge on any atom is -0.271 e. The van der Waals surface area contributed by atoms with E-state index in [1.807, 2.05) is 24.3 Å². The van der Waals surface area contributed by atoms with Crippen LogP contribution in [0.15, 0.2) is 48.5 Å². The highest BCUT2D eigenvalue weighted by Crippen LogP contribution is 2.26. The average Bonchev–Trinajstić information content (AvgIpc) is 2.88. The monoisotopic (exact) mass is 287 g/mol. The van der Waals surface area contributed by atoms with Crippen molar-refractivity contribution < 1.29 is 4.39 Å². The zero-order valence-corrected chi connectivity index (χ0v) is 11.5. The fourth-order valence-corrected chi connectivity index (χ4v) is 3.21. The van der Waals surface area contributed by atoms with Gasteiger partial charge in [-0.25, -0.2) is 9.37 Å². The number of hydrogen-bond donors (Lipinski definition) is 2. The van der Waals surface area contributed by atoms with Crippen LogP contribution >= 0.6 is 11.3 Å². The van der Waals surface area contributed by atoms with Crippen molar-refractivity contribution in [3.63, 3.8) is 0 Å². The zero-order chi connectivity index (χ0) is 13.9. The van der Waals surface area contributed by atoms with Crippen LogP contribution in [0.2, 0.25) is 0 Å². The molecule has 20 heavy (non-hydrogen) atoms. The fourth-order valence-electron chi connectivity index (χ4n) is 2.20. The van der Waals surface area contributed by atoms with Gasteiger partial charge >= 0.3 is 0 Å². The highest BCUT2D eigenvalue weighted by molar-refractivity contribution is 7.18. The highest BCUT2D eigenvalue weighted by Gasteiger charge is 2.16. The first-order valence-electron chi connectivity index (χ1n) is 6.33. The van der Waals surface area contributed by atoms with Gasteiger partial charge < -0.3 is 0 Å². The molecular formula is C15H14FN3S. The Bertz CT molecular complexity index is 693. The van der Waals surface area contributed by atoms with Gasteiger partial charge in [-0.2, -0.15) is 0 Å². The van der Waals surface area contributed by atoms with Crippen molar-refractivity contribution in [2.24, 2.45) is 5.84 Å². The number of benzene rings is 2. The molecular weight excluding hydrogens is 273 g/mol. The predicted molar refractivity (Wildman–Crippen MR) is 79.8 cm³/mol. The molecule has 3 N–H and O–H groups in total. The summed E-state index contributed by atoms with van der Waals surface area (Å²) in [7, 11) is 0. The summed E-state index contributed by atoms with van der Waals surface area (Å²) in [4.78, 5) is 4.56. The lowest BCUT2D eigenvalue weighted by Gasteiger charge is -2.15. The Balaban J connectivity index is 1.90. The molecule has 2 aromatic carbocycles. The van der Waals surface area contributed by atoms with Gasteiger partial charge in [-0.05, 0) is 18.2 Å². The molecule has 0 radical (unpaired) electrons. The molecule has 0 saturated heterocycles. The molecule has 3 aromatic rings. The van der Waals surface area contributed by atoms with E-state index < -0.39 is 0 Å². The van der Waals surface area contributed by atoms with E-state index in [4.69, 9.17) is 5.84 Å². The predicted octanol–water partition coefficient (Wildman–Crippen LogP) is 3.18. The number of hydrogen-bond acceptors (Lipinski definition) is 4. The summed E-state index contributed by atoms with van der Waals surface area (Å²) in [6, 6.07) is 14.3. The van der Waals surface area contributed by atoms with Gasteiger partial charge in [0.2, 0.25) is 0 Å². The minimum atomic E-state index is -0.281. The topological polar surface area (TPSA) is 50.9 Å². The van der Waals surface area contributed by atoms with Crippen molar-refractivity contribution in [3.05, 3.63) is 64.9 Å². The number of thiazole rings is 1. The number of aromatic nitrogens is 1. The lowest BCUT2D eigenvalue weighted by molar-refractivity contribution is 0.510. The van der Waals surface area contributed by atoms with E-state index in [9.17, 15) is 4.39 Å². The number of nitrogens with zero attached hydrogens (tertiary/aromatic N) is 1. The van der Waals surface area contributed by atoms with Gasteiger partial charge in [0.15, 0.2) is 0 Å². The van der Waals surface area contributed by atoms with E-state index in [-0.39, 0.29) is 11.9 Å². The lowest BCUT2D eigenvalue weighted by Crippen LogP contribution is -2.30. The second-order valence-electron chi connectivity index (χ2n) is 4.52. The van der Waals surface area contributed by atoms with Gasteiger partial charge in [0.25, 0.3) is 0 Å². The molecule has 0 bridgehead atoms. The molecule has 1 heterocycles. The molecule has 0 amide bonds. The van der Waals surface area contributed by atoms with Crippen LogP contribution in [0.5, 0.6) is 0 Å². The summed E-state index contributed by atoms with van der Waals surface area (Å²) in [6.07, 6.45) is 0.566. The van der Waals surface area contributed by atoms with Gasteiger partial charge in [-0.1, -0.05) is 30.3 Å². The Labute approximate surface area is 120 Å². The van der Waals surface area contributed by atoms with E-state index in [0.717, 1.165) is 15.2 Å². The number of rotatable bonds is 4. The first-order chi connectivity index (χ1) is 9.78. The maximum atomic E-state index is 13.8. The molecule has 3 rings (SSSR count). The largest absolute Gasteiger partial charge is 0.271 e. The third-order valence-corrected chi connectivity index (χ3v) is 4.26. The van der Waals surface area contributed by atoms with E-state index in [1.54, 1.807) is 29.5 Å². The Kier molecular flexibility index (Phi) is 3.73. The number of hydrazine groups is 1. The summed E-state index contributed by atoms with van der Waals surface area (Å²) in [5.74, 6) is 5.32. The van der Waals surface area contributed by atoms with Crippen LogP contribution in [0.1, 0.15) is 16.6 Å². The fraction of sp³-hybridized carbons (Fsp3) is 0.133. The summed E-state index contributed by atoms with van der Waals surface area (Å²) < 4.78 is 15.0. The van der Waals surface area contributed by atoms with E-state index in [2.05, 4.69) is 10.4 Å². The lowest BCUT2D eigenvalue weighted by atomic mass is 10.0. The summed E-state index contributed by atoms with van der Waals surface area (Å²) >= 11 is 1.61. The van der Waals surface area contributed by atoms with Gasteiger partial charge in [0.05, 0.1) is 21.3 Å². The molecule has 102 valence electrons. The molecule has 1 aromatic heterocycles. The first kappa shape index (κ1) is 13.2. The summed E-state index contributed by atoms with van der Waals surface area (Å²) in [6.45, 7) is 0. The third-order valence-electron chi connectivity index (χ3n) is 3.20. The van der Waals surface area contributed by atoms with Gasteiger partial charge in [0.1, 0.15) is 5.82 Å². The van der Waals surface area contributed by atoms with E-state index >= 15 is 0 Å². The Morgan fingerprint density at radius 1 is 1.15 bits per heavy atom. The molecule has 0 spiro atoms. The maximum Gasteiger partial charge on any atom is 0.128 e. The van der Waals surface area contributed by atoms with Crippen LogP contribution in [-0.4, -0.2) is 4.98 Å². The summed E-state index contributed by atoms with van der Waals surface area (Å²) in [5.41, 5.74) is 4.21. The van der Waals surface area contributed by atoms with E-state index in [1.165, 1.54) is 6.07 Å². The SMILES string of the molecule is NNC(Cc1nc2ccccc2s1)c1ccccc1F. The van der Waals surface area contributed by atoms with Crippen LogP contribution in [0.25, 0.3) is 10.2 Å². The van der Waals surface area contributed by atoms with Crippen molar-refractivity contribution in [1.29, 1.82) is 0 Å². The van der Waals surface area contributed by atoms with Crippen molar-refractivity contribution in [1.82, 2.24) is 10.4 Å². The number of fused-ring (bicyclic) bond motifs is 1. The van der Waals surface area contributed by atoms with Crippen molar-refractivity contribution in [3.8, 4) is 0 Å². The van der Waals surface area contributed by atoms with E-state index in [0.29, 0.717) is 12.0 Å². The third kappa shape index (κ3) is 2.56. The minimum absolute atomic E-state index is 0.253. The first-order valence-corrected chi connectivity index (χ1v) is 7.14. The average molecular weight is 287 g/mol. The molecule has 0 aliphatic rings. The number of para-hydroxylation sites is 1. The molecule has 1 atom stereocenters. The van der Waals surface area contributed by atoms with Gasteiger partial charge in [-0.15, -0.1) is 11.3 Å². The molecule has 0 aliphatic carbocycles. The smallest absolute Gasteiger partial charge is 0.128 e. The molecule has 0 fully saturated rings. The van der Waals surface area contributed by atoms with Crippen molar-refractivity contribution in [2.75, 3.05) is 0 Å². The number of nitrogens with one attached hydrogen (secondary N) is 1. The normalized spacial score (nSPS) is 12.7. The van der Waals surface area contributed by atoms with Gasteiger partial charge in [-0.3, -0.25) is 11.3 Å². The molecule has 0 aliphatic heterocycles. The van der Waals surface area contributed by atoms with Gasteiger partial charge in [0, 0.05) is 12.0 Å². The van der Waals surface area contributed by atoms with Crippen LogP contribution in [0.4, 0.5) is 4.39 Å². The zero-order valence-electron chi connectivity index (χ0n) is 10.7. The van der Waals surface area contributed by atoms with Crippen molar-refractivity contribution in [2.45, 2.75) is 12.5 Å². The maximum absolute atomic E-state index is 13.8. The second-order valence-corrected chi connectivity index (χ2v) is 5.64. The highest BCUT2D eigenvalue weighted by atomic mass is 32.1. The van der Waals surface area contributed by atoms with Crippen molar-refractivity contribution >= 4 is 21.6 Å². The number of halogens is 1. The standard InChI is InChI=1S/C15H14FN3S/c16-11-6-2-1-5-10(11)13(19-17)9-15-18-12-7-3-4-8-14(12)20-15/h1-8,13,19H,9,17H2.